The Bertz CT molecular complexity index is 261. The van der Waals surface area contributed by atoms with Gasteiger partial charge in [-0.05, 0) is 50.0 Å². The molecule has 0 aromatic rings. The molecule has 112 valence electrons. The van der Waals surface area contributed by atoms with Gasteiger partial charge in [-0.15, -0.1) is 0 Å². The van der Waals surface area contributed by atoms with Gasteiger partial charge >= 0.3 is 0 Å². The fraction of sp³-hybridized carbons (Fsp3) is 1.00. The van der Waals surface area contributed by atoms with E-state index in [9.17, 15) is 0 Å². The van der Waals surface area contributed by atoms with E-state index in [0.29, 0.717) is 11.5 Å². The predicted octanol–water partition coefficient (Wildman–Crippen LogP) is 2.55. The molecule has 2 rings (SSSR count). The van der Waals surface area contributed by atoms with E-state index in [4.69, 9.17) is 9.47 Å². The van der Waals surface area contributed by atoms with E-state index < -0.39 is 0 Å². The van der Waals surface area contributed by atoms with Crippen LogP contribution in [0.1, 0.15) is 32.1 Å². The number of thioether (sulfide) groups is 1. The van der Waals surface area contributed by atoms with Gasteiger partial charge in [0.25, 0.3) is 0 Å². The summed E-state index contributed by atoms with van der Waals surface area (Å²) in [7, 11) is 1.77. The molecule has 0 amide bonds. The van der Waals surface area contributed by atoms with Crippen molar-refractivity contribution < 1.29 is 9.47 Å². The fourth-order valence-corrected chi connectivity index (χ4v) is 3.80. The number of rotatable bonds is 10. The zero-order valence-corrected chi connectivity index (χ0v) is 13.3. The highest BCUT2D eigenvalue weighted by atomic mass is 32.2. The molecule has 1 saturated carbocycles. The summed E-state index contributed by atoms with van der Waals surface area (Å²) >= 11 is 1.96. The molecule has 4 heteroatoms. The molecule has 0 aromatic carbocycles. The van der Waals surface area contributed by atoms with E-state index in [-0.39, 0.29) is 0 Å². The summed E-state index contributed by atoms with van der Waals surface area (Å²) < 4.78 is 11.2. The topological polar surface area (TPSA) is 30.5 Å². The van der Waals surface area contributed by atoms with Crippen molar-refractivity contribution in [1.82, 2.24) is 5.32 Å². The molecule has 2 unspecified atom stereocenters. The van der Waals surface area contributed by atoms with Gasteiger partial charge in [-0.3, -0.25) is 0 Å². The van der Waals surface area contributed by atoms with E-state index in [1.807, 2.05) is 11.8 Å². The molecule has 1 heterocycles. The highest BCUT2D eigenvalue weighted by Crippen LogP contribution is 2.49. The summed E-state index contributed by atoms with van der Waals surface area (Å²) in [5.74, 6) is 2.12. The maximum absolute atomic E-state index is 6.10. The van der Waals surface area contributed by atoms with Gasteiger partial charge in [-0.1, -0.05) is 0 Å². The lowest BCUT2D eigenvalue weighted by molar-refractivity contribution is 0.0256. The molecular weight excluding hydrogens is 258 g/mol. The molecule has 19 heavy (non-hydrogen) atoms. The molecule has 0 bridgehead atoms. The van der Waals surface area contributed by atoms with Crippen molar-refractivity contribution in [3.63, 3.8) is 0 Å². The Morgan fingerprint density at radius 3 is 2.95 bits per heavy atom. The molecule has 3 nitrogen and oxygen atoms in total. The van der Waals surface area contributed by atoms with Crippen LogP contribution in [0.4, 0.5) is 0 Å². The van der Waals surface area contributed by atoms with Gasteiger partial charge in [-0.25, -0.2) is 0 Å². The van der Waals surface area contributed by atoms with Crippen LogP contribution >= 0.6 is 11.8 Å². The Hall–Kier alpha value is 0.230. The third-order valence-corrected chi connectivity index (χ3v) is 5.23. The Morgan fingerprint density at radius 1 is 1.42 bits per heavy atom. The van der Waals surface area contributed by atoms with Crippen molar-refractivity contribution >= 4 is 11.8 Å². The van der Waals surface area contributed by atoms with Crippen molar-refractivity contribution in [2.45, 2.75) is 38.2 Å². The predicted molar refractivity (Wildman–Crippen MR) is 81.9 cm³/mol. The lowest BCUT2D eigenvalue weighted by Gasteiger charge is -2.35. The normalized spacial score (nSPS) is 30.9. The maximum atomic E-state index is 6.10. The van der Waals surface area contributed by atoms with Crippen LogP contribution in [0.15, 0.2) is 0 Å². The molecule has 0 aromatic heterocycles. The Labute approximate surface area is 122 Å². The maximum Gasteiger partial charge on any atom is 0.0672 e. The third-order valence-electron chi connectivity index (χ3n) is 4.53. The zero-order valence-electron chi connectivity index (χ0n) is 12.5. The first-order valence-corrected chi connectivity index (χ1v) is 9.02. The minimum absolute atomic E-state index is 0.393. The Morgan fingerprint density at radius 2 is 2.26 bits per heavy atom. The number of ether oxygens (including phenoxy) is 2. The number of hydrogen-bond donors (Lipinski definition) is 1. The number of methoxy groups -OCH3 is 1. The summed E-state index contributed by atoms with van der Waals surface area (Å²) in [6.07, 6.45) is 9.36. The van der Waals surface area contributed by atoms with Crippen LogP contribution in [-0.4, -0.2) is 51.5 Å². The van der Waals surface area contributed by atoms with Crippen LogP contribution < -0.4 is 5.32 Å². The van der Waals surface area contributed by atoms with Crippen LogP contribution in [0.25, 0.3) is 0 Å². The van der Waals surface area contributed by atoms with Crippen LogP contribution in [0.3, 0.4) is 0 Å². The number of hydrogen-bond acceptors (Lipinski definition) is 4. The molecule has 0 spiro atoms. The smallest absolute Gasteiger partial charge is 0.0672 e. The Balaban J connectivity index is 1.87. The van der Waals surface area contributed by atoms with Crippen LogP contribution in [-0.2, 0) is 9.47 Å². The number of nitrogens with one attached hydrogen (secondary N) is 1. The summed E-state index contributed by atoms with van der Waals surface area (Å²) in [6.45, 7) is 3.83. The van der Waals surface area contributed by atoms with Gasteiger partial charge < -0.3 is 14.8 Å². The lowest BCUT2D eigenvalue weighted by atomic mass is 9.75. The Kier molecular flexibility index (Phi) is 6.46. The molecule has 1 saturated heterocycles. The van der Waals surface area contributed by atoms with Crippen molar-refractivity contribution in [3.05, 3.63) is 0 Å². The van der Waals surface area contributed by atoms with E-state index in [2.05, 4.69) is 11.6 Å². The molecule has 1 aliphatic carbocycles. The molecule has 2 aliphatic rings. The van der Waals surface area contributed by atoms with Gasteiger partial charge in [0.05, 0.1) is 12.7 Å². The highest BCUT2D eigenvalue weighted by Gasteiger charge is 2.50. The largest absolute Gasteiger partial charge is 0.383 e. The van der Waals surface area contributed by atoms with Crippen LogP contribution in [0, 0.1) is 11.3 Å². The zero-order chi connectivity index (χ0) is 13.6. The third kappa shape index (κ3) is 4.35. The van der Waals surface area contributed by atoms with E-state index in [1.54, 1.807) is 7.11 Å². The first kappa shape index (κ1) is 15.6. The monoisotopic (exact) mass is 287 g/mol. The molecule has 2 fully saturated rings. The van der Waals surface area contributed by atoms with Gasteiger partial charge in [0.15, 0.2) is 0 Å². The van der Waals surface area contributed by atoms with E-state index in [1.165, 1.54) is 37.9 Å². The van der Waals surface area contributed by atoms with Gasteiger partial charge in [0.1, 0.15) is 0 Å². The average Bonchev–Trinajstić information content (AvgIpc) is 3.18. The van der Waals surface area contributed by atoms with E-state index >= 15 is 0 Å². The summed E-state index contributed by atoms with van der Waals surface area (Å²) in [4.78, 5) is 0. The molecule has 1 aliphatic heterocycles. The van der Waals surface area contributed by atoms with Crippen molar-refractivity contribution in [2.75, 3.05) is 45.4 Å². The fourth-order valence-electron chi connectivity index (χ4n) is 3.37. The minimum Gasteiger partial charge on any atom is -0.383 e. The van der Waals surface area contributed by atoms with E-state index in [0.717, 1.165) is 32.2 Å². The summed E-state index contributed by atoms with van der Waals surface area (Å²) in [5, 5.41) is 3.60. The second-order valence-corrected chi connectivity index (χ2v) is 6.99. The molecule has 1 N–H and O–H groups in total. The van der Waals surface area contributed by atoms with Gasteiger partial charge in [0, 0.05) is 32.2 Å². The van der Waals surface area contributed by atoms with Gasteiger partial charge in [0.2, 0.25) is 0 Å². The van der Waals surface area contributed by atoms with Crippen LogP contribution in [0.5, 0.6) is 0 Å². The second-order valence-electron chi connectivity index (χ2n) is 6.01. The quantitative estimate of drug-likeness (QED) is 0.626. The first-order valence-electron chi connectivity index (χ1n) is 7.62. The molecular formula is C15H29NO2S. The lowest BCUT2D eigenvalue weighted by Crippen LogP contribution is -2.42. The molecule has 2 atom stereocenters. The first-order chi connectivity index (χ1) is 9.32. The second kappa shape index (κ2) is 7.87. The SMILES string of the molecule is COCCNCC1(CCCSC)CCOC1C1CC1. The van der Waals surface area contributed by atoms with Crippen molar-refractivity contribution in [2.24, 2.45) is 11.3 Å². The van der Waals surface area contributed by atoms with Crippen molar-refractivity contribution in [3.8, 4) is 0 Å². The van der Waals surface area contributed by atoms with Crippen LogP contribution in [0.2, 0.25) is 0 Å². The summed E-state index contributed by atoms with van der Waals surface area (Å²) in [6, 6.07) is 0. The van der Waals surface area contributed by atoms with Gasteiger partial charge in [-0.2, -0.15) is 11.8 Å². The highest BCUT2D eigenvalue weighted by molar-refractivity contribution is 7.98. The average molecular weight is 287 g/mol. The van der Waals surface area contributed by atoms with Crippen molar-refractivity contribution in [1.29, 1.82) is 0 Å². The standard InChI is InChI=1S/C15H29NO2S/c1-17-10-8-16-12-15(6-3-11-19-2)7-9-18-14(15)13-4-5-13/h13-14,16H,3-12H2,1-2H3. The minimum atomic E-state index is 0.393. The summed E-state index contributed by atoms with van der Waals surface area (Å²) in [5.41, 5.74) is 0.393. The molecule has 0 radical (unpaired) electrons.